The molecule has 13 nitrogen and oxygen atoms in total. The first-order valence-electron chi connectivity index (χ1n) is 14.2. The summed E-state index contributed by atoms with van der Waals surface area (Å²) >= 11 is 0. The molecule has 44 heavy (non-hydrogen) atoms. The number of rotatable bonds is 4. The van der Waals surface area contributed by atoms with Crippen LogP contribution in [0.2, 0.25) is 0 Å². The van der Waals surface area contributed by atoms with E-state index in [4.69, 9.17) is 4.74 Å². The van der Waals surface area contributed by atoms with Gasteiger partial charge in [-0.1, -0.05) is 42.5 Å². The second kappa shape index (κ2) is 13.0. The number of carbonyl (C=O) groups excluding carboxylic acids is 4. The predicted octanol–water partition coefficient (Wildman–Crippen LogP) is 1.12. The van der Waals surface area contributed by atoms with Gasteiger partial charge < -0.3 is 35.2 Å². The summed E-state index contributed by atoms with van der Waals surface area (Å²) in [5.74, 6) is -1.42. The molecule has 1 fully saturated rings. The highest BCUT2D eigenvalue weighted by atomic mass is 16.5. The normalized spacial score (nSPS) is 21.3. The molecule has 2 aromatic carbocycles. The summed E-state index contributed by atoms with van der Waals surface area (Å²) < 4.78 is 5.97. The van der Waals surface area contributed by atoms with Crippen molar-refractivity contribution in [3.8, 4) is 5.75 Å². The van der Waals surface area contributed by atoms with E-state index in [-0.39, 0.29) is 56.1 Å². The van der Waals surface area contributed by atoms with Gasteiger partial charge in [-0.2, -0.15) is 0 Å². The monoisotopic (exact) mass is 602 g/mol. The van der Waals surface area contributed by atoms with Crippen LogP contribution < -0.4 is 15.4 Å². The van der Waals surface area contributed by atoms with E-state index in [1.165, 1.54) is 37.5 Å². The third-order valence-corrected chi connectivity index (χ3v) is 7.83. The fourth-order valence-electron chi connectivity index (χ4n) is 5.65. The number of fused-ring (bicyclic) bond motifs is 4. The first-order valence-corrected chi connectivity index (χ1v) is 14.2. The number of hydrogen-bond acceptors (Lipinski definition) is 7. The van der Waals surface area contributed by atoms with Crippen LogP contribution in [0.25, 0.3) is 10.8 Å². The molecular formula is C31H34N6O7. The van der Waals surface area contributed by atoms with Crippen molar-refractivity contribution in [1.29, 1.82) is 0 Å². The zero-order valence-corrected chi connectivity index (χ0v) is 24.4. The number of ether oxygens (including phenoxy) is 1. The second-order valence-corrected chi connectivity index (χ2v) is 11.2. The number of likely N-dealkylation sites (N-methyl/N-ethyl adjacent to an activating group) is 2. The molecule has 13 heteroatoms. The molecule has 0 spiro atoms. The average Bonchev–Trinajstić information content (AvgIpc) is 3.40. The maximum Gasteiger partial charge on any atom is 0.405 e. The van der Waals surface area contributed by atoms with Gasteiger partial charge in [-0.25, -0.2) is 4.79 Å². The lowest BCUT2D eigenvalue weighted by molar-refractivity contribution is -0.141. The average molecular weight is 603 g/mol. The first kappa shape index (κ1) is 30.3. The van der Waals surface area contributed by atoms with Gasteiger partial charge >= 0.3 is 6.09 Å². The van der Waals surface area contributed by atoms with Gasteiger partial charge in [0.15, 0.2) is 0 Å². The summed E-state index contributed by atoms with van der Waals surface area (Å²) in [5, 5.41) is 16.6. The minimum Gasteiger partial charge on any atom is -0.490 e. The molecule has 0 unspecified atom stereocenters. The van der Waals surface area contributed by atoms with Crippen molar-refractivity contribution in [2.24, 2.45) is 0 Å². The minimum absolute atomic E-state index is 0.0683. The van der Waals surface area contributed by atoms with E-state index in [0.717, 1.165) is 21.2 Å². The second-order valence-electron chi connectivity index (χ2n) is 11.2. The smallest absolute Gasteiger partial charge is 0.405 e. The maximum atomic E-state index is 13.5. The molecular weight excluding hydrogens is 568 g/mol. The molecule has 0 radical (unpaired) electrons. The van der Waals surface area contributed by atoms with Crippen LogP contribution in [0, 0.1) is 0 Å². The molecule has 3 N–H and O–H groups in total. The van der Waals surface area contributed by atoms with Crippen LogP contribution in [0.1, 0.15) is 22.3 Å². The van der Waals surface area contributed by atoms with Crippen LogP contribution in [0.15, 0.2) is 60.9 Å². The lowest BCUT2D eigenvalue weighted by Gasteiger charge is -2.29. The highest BCUT2D eigenvalue weighted by Crippen LogP contribution is 2.22. The lowest BCUT2D eigenvalue weighted by atomic mass is 10.0. The van der Waals surface area contributed by atoms with Crippen LogP contribution in [0.3, 0.4) is 0 Å². The van der Waals surface area contributed by atoms with Crippen molar-refractivity contribution in [2.45, 2.75) is 31.0 Å². The summed E-state index contributed by atoms with van der Waals surface area (Å²) in [6.45, 7) is -0.337. The molecule has 230 valence electrons. The highest BCUT2D eigenvalue weighted by Gasteiger charge is 2.38. The molecule has 1 saturated heterocycles. The van der Waals surface area contributed by atoms with Crippen LogP contribution >= 0.6 is 0 Å². The molecule has 2 aliphatic rings. The predicted molar refractivity (Wildman–Crippen MR) is 159 cm³/mol. The van der Waals surface area contributed by atoms with Gasteiger partial charge in [0.25, 0.3) is 5.91 Å². The Balaban J connectivity index is 1.34. The van der Waals surface area contributed by atoms with E-state index in [1.54, 1.807) is 4.90 Å². The molecule has 3 heterocycles. The standard InChI is InChI=1S/C31H34N6O7/c1-35-16-26(34-31(42)43)30(41)36(2)17-28(39)37-15-23(12-24(37)18-44-25-11-22(29(35)40)13-32-14-25)33-27(38)10-19-7-8-20-5-3-4-6-21(20)9-19/h3-9,11,13-14,23-24,26,34H,10,12,15-18H2,1-2H3,(H,33,38)(H,42,43)/t23-,24-,26-/m0/s1. The third kappa shape index (κ3) is 7.05. The quantitative estimate of drug-likeness (QED) is 0.400. The Kier molecular flexibility index (Phi) is 8.93. The lowest BCUT2D eigenvalue weighted by Crippen LogP contribution is -2.55. The van der Waals surface area contributed by atoms with Crippen molar-refractivity contribution in [2.75, 3.05) is 40.3 Å². The van der Waals surface area contributed by atoms with Crippen molar-refractivity contribution < 1.29 is 33.8 Å². The van der Waals surface area contributed by atoms with Crippen molar-refractivity contribution in [3.05, 3.63) is 72.1 Å². The Hall–Kier alpha value is -5.20. The summed E-state index contributed by atoms with van der Waals surface area (Å²) in [4.78, 5) is 72.3. The van der Waals surface area contributed by atoms with Gasteiger partial charge in [0.05, 0.1) is 37.3 Å². The van der Waals surface area contributed by atoms with Crippen molar-refractivity contribution in [3.63, 3.8) is 0 Å². The van der Waals surface area contributed by atoms with Gasteiger partial charge in [-0.15, -0.1) is 0 Å². The number of benzene rings is 2. The summed E-state index contributed by atoms with van der Waals surface area (Å²) in [6.07, 6.45) is 1.94. The van der Waals surface area contributed by atoms with Gasteiger partial charge in [0.2, 0.25) is 17.7 Å². The molecule has 5 rings (SSSR count). The summed E-state index contributed by atoms with van der Waals surface area (Å²) in [7, 11) is 2.83. The molecule has 0 aliphatic carbocycles. The Bertz CT molecular complexity index is 1600. The summed E-state index contributed by atoms with van der Waals surface area (Å²) in [6, 6.07) is 13.2. The zero-order valence-electron chi connectivity index (χ0n) is 24.4. The molecule has 2 aliphatic heterocycles. The number of pyridine rings is 1. The van der Waals surface area contributed by atoms with Crippen LogP contribution in [-0.4, -0.2) is 113 Å². The van der Waals surface area contributed by atoms with E-state index in [2.05, 4.69) is 15.6 Å². The van der Waals surface area contributed by atoms with Crippen LogP contribution in [0.4, 0.5) is 4.79 Å². The molecule has 2 bridgehead atoms. The SMILES string of the molecule is CN1C[C@H](NC(=O)O)C(=O)N(C)CC(=O)N2C[C@@H](NC(=O)Cc3ccc4ccccc4c3)C[C@H]2COc2cncc(c2)C1=O. The Labute approximate surface area is 253 Å². The molecule has 3 aromatic rings. The number of aromatic nitrogens is 1. The van der Waals surface area contributed by atoms with Gasteiger partial charge in [0.1, 0.15) is 18.4 Å². The van der Waals surface area contributed by atoms with E-state index in [9.17, 15) is 29.1 Å². The largest absolute Gasteiger partial charge is 0.490 e. The number of hydrogen-bond donors (Lipinski definition) is 3. The van der Waals surface area contributed by atoms with Crippen molar-refractivity contribution >= 4 is 40.5 Å². The maximum absolute atomic E-state index is 13.5. The number of carboxylic acid groups (broad SMARTS) is 1. The van der Waals surface area contributed by atoms with E-state index >= 15 is 0 Å². The molecule has 3 atom stereocenters. The first-order chi connectivity index (χ1) is 21.1. The van der Waals surface area contributed by atoms with Crippen LogP contribution in [0.5, 0.6) is 5.75 Å². The van der Waals surface area contributed by atoms with Gasteiger partial charge in [-0.05, 0) is 28.8 Å². The fraction of sp³-hybridized carbons (Fsp3) is 0.355. The fourth-order valence-corrected chi connectivity index (χ4v) is 5.65. The Morgan fingerprint density at radius 1 is 0.977 bits per heavy atom. The Morgan fingerprint density at radius 2 is 1.75 bits per heavy atom. The molecule has 1 aromatic heterocycles. The molecule has 5 amide bonds. The third-order valence-electron chi connectivity index (χ3n) is 7.83. The summed E-state index contributed by atoms with van der Waals surface area (Å²) in [5.41, 5.74) is 1.05. The molecule has 0 saturated carbocycles. The topological polar surface area (TPSA) is 161 Å². The van der Waals surface area contributed by atoms with Gasteiger partial charge in [0, 0.05) is 32.9 Å². The zero-order chi connectivity index (χ0) is 31.4. The van der Waals surface area contributed by atoms with Gasteiger partial charge in [-0.3, -0.25) is 24.2 Å². The highest BCUT2D eigenvalue weighted by molar-refractivity contribution is 5.95. The minimum atomic E-state index is -1.44. The number of amides is 5. The van der Waals surface area contributed by atoms with Crippen molar-refractivity contribution in [1.82, 2.24) is 30.3 Å². The number of nitrogens with zero attached hydrogens (tertiary/aromatic N) is 4. The van der Waals surface area contributed by atoms with E-state index in [0.29, 0.717) is 12.2 Å². The van der Waals surface area contributed by atoms with Crippen LogP contribution in [-0.2, 0) is 20.8 Å². The van der Waals surface area contributed by atoms with E-state index < -0.39 is 30.0 Å². The number of carbonyl (C=O) groups is 5. The van der Waals surface area contributed by atoms with E-state index in [1.807, 2.05) is 42.5 Å². The Morgan fingerprint density at radius 3 is 2.52 bits per heavy atom. The number of nitrogens with one attached hydrogen (secondary N) is 2.